The van der Waals surface area contributed by atoms with Gasteiger partial charge in [-0.15, -0.1) is 0 Å². The molecule has 0 fully saturated rings. The highest BCUT2D eigenvalue weighted by Crippen LogP contribution is 2.33. The molecule has 1 amide bonds. The monoisotopic (exact) mass is 382 g/mol. The van der Waals surface area contributed by atoms with Crippen LogP contribution in [0.1, 0.15) is 30.0 Å². The zero-order valence-corrected chi connectivity index (χ0v) is 17.1. The van der Waals surface area contributed by atoms with E-state index in [-0.39, 0.29) is 5.91 Å². The van der Waals surface area contributed by atoms with Crippen molar-refractivity contribution in [2.24, 2.45) is 0 Å². The Hall–Kier alpha value is -2.53. The summed E-state index contributed by atoms with van der Waals surface area (Å²) in [6.07, 6.45) is 1.40. The summed E-state index contributed by atoms with van der Waals surface area (Å²) < 4.78 is 10.8. The largest absolute Gasteiger partial charge is 0.493 e. The molecule has 0 bridgehead atoms. The van der Waals surface area contributed by atoms with Crippen LogP contribution in [0.4, 0.5) is 0 Å². The van der Waals surface area contributed by atoms with Crippen LogP contribution in [-0.2, 0) is 24.3 Å². The number of rotatable bonds is 8. The first-order valence-corrected chi connectivity index (χ1v) is 9.92. The maximum Gasteiger partial charge on any atom is 0.224 e. The number of carbonyl (C=O) groups excluding carboxylic acids is 1. The Balaban J connectivity index is 1.58. The van der Waals surface area contributed by atoms with Gasteiger partial charge in [0.1, 0.15) is 0 Å². The third-order valence-corrected chi connectivity index (χ3v) is 5.41. The molecule has 0 atom stereocenters. The number of nitrogens with zero attached hydrogens (tertiary/aromatic N) is 2. The topological polar surface area (TPSA) is 42.0 Å². The number of fused-ring (bicyclic) bond motifs is 1. The van der Waals surface area contributed by atoms with Gasteiger partial charge in [0.2, 0.25) is 5.91 Å². The molecule has 2 aromatic rings. The molecule has 5 heteroatoms. The van der Waals surface area contributed by atoms with Gasteiger partial charge in [-0.3, -0.25) is 9.69 Å². The van der Waals surface area contributed by atoms with Gasteiger partial charge in [-0.05, 0) is 41.8 Å². The van der Waals surface area contributed by atoms with E-state index < -0.39 is 0 Å². The standard InChI is InChI=1S/C23H30N2O3/c1-4-24(16-18-8-6-5-7-9-18)12-11-23(26)25-13-10-19-14-21(27-2)22(28-3)15-20(19)17-25/h5-9,14-15H,4,10-13,16-17H2,1-3H3. The zero-order chi connectivity index (χ0) is 19.9. The van der Waals surface area contributed by atoms with E-state index >= 15 is 0 Å². The zero-order valence-electron chi connectivity index (χ0n) is 17.1. The van der Waals surface area contributed by atoms with Crippen LogP contribution >= 0.6 is 0 Å². The molecule has 1 heterocycles. The number of carbonyl (C=O) groups is 1. The minimum Gasteiger partial charge on any atom is -0.493 e. The summed E-state index contributed by atoms with van der Waals surface area (Å²) in [5.41, 5.74) is 3.67. The minimum atomic E-state index is 0.215. The minimum absolute atomic E-state index is 0.215. The summed E-state index contributed by atoms with van der Waals surface area (Å²) >= 11 is 0. The molecule has 150 valence electrons. The molecular formula is C23H30N2O3. The molecule has 0 radical (unpaired) electrons. The van der Waals surface area contributed by atoms with Gasteiger partial charge in [-0.25, -0.2) is 0 Å². The number of amides is 1. The van der Waals surface area contributed by atoms with Crippen molar-refractivity contribution >= 4 is 5.91 Å². The molecule has 0 aliphatic carbocycles. The molecule has 0 aromatic heterocycles. The maximum absolute atomic E-state index is 12.8. The lowest BCUT2D eigenvalue weighted by Gasteiger charge is -2.30. The van der Waals surface area contributed by atoms with Gasteiger partial charge in [-0.2, -0.15) is 0 Å². The van der Waals surface area contributed by atoms with Crippen molar-refractivity contribution in [3.63, 3.8) is 0 Å². The molecule has 2 aromatic carbocycles. The summed E-state index contributed by atoms with van der Waals surface area (Å²) in [6.45, 7) is 6.13. The van der Waals surface area contributed by atoms with Gasteiger partial charge in [-0.1, -0.05) is 37.3 Å². The highest BCUT2D eigenvalue weighted by Gasteiger charge is 2.23. The second-order valence-corrected chi connectivity index (χ2v) is 7.15. The van der Waals surface area contributed by atoms with E-state index in [9.17, 15) is 4.79 Å². The van der Waals surface area contributed by atoms with Gasteiger partial charge in [0.05, 0.1) is 14.2 Å². The second kappa shape index (κ2) is 9.60. The first-order chi connectivity index (χ1) is 13.6. The molecule has 0 spiro atoms. The highest BCUT2D eigenvalue weighted by molar-refractivity contribution is 5.76. The molecule has 1 aliphatic heterocycles. The normalized spacial score (nSPS) is 13.4. The van der Waals surface area contributed by atoms with Gasteiger partial charge in [0.25, 0.3) is 0 Å². The van der Waals surface area contributed by atoms with Crippen LogP contribution in [0.5, 0.6) is 11.5 Å². The number of benzene rings is 2. The fourth-order valence-corrected chi connectivity index (χ4v) is 3.70. The predicted octanol–water partition coefficient (Wildman–Crippen LogP) is 3.50. The maximum atomic E-state index is 12.8. The predicted molar refractivity (Wildman–Crippen MR) is 111 cm³/mol. The van der Waals surface area contributed by atoms with Crippen molar-refractivity contribution in [1.82, 2.24) is 9.80 Å². The van der Waals surface area contributed by atoms with Gasteiger partial charge >= 0.3 is 0 Å². The molecule has 0 unspecified atom stereocenters. The van der Waals surface area contributed by atoms with Gasteiger partial charge in [0.15, 0.2) is 11.5 Å². The van der Waals surface area contributed by atoms with Gasteiger partial charge in [0, 0.05) is 32.6 Å². The Morgan fingerprint density at radius 1 is 1.07 bits per heavy atom. The average Bonchev–Trinajstić information content (AvgIpc) is 2.75. The average molecular weight is 383 g/mol. The summed E-state index contributed by atoms with van der Waals surface area (Å²) in [5, 5.41) is 0. The third kappa shape index (κ3) is 4.84. The summed E-state index contributed by atoms with van der Waals surface area (Å²) in [5.74, 6) is 1.68. The lowest BCUT2D eigenvalue weighted by molar-refractivity contribution is -0.132. The van der Waals surface area contributed by atoms with E-state index in [0.717, 1.165) is 49.7 Å². The van der Waals surface area contributed by atoms with Crippen LogP contribution < -0.4 is 9.47 Å². The summed E-state index contributed by atoms with van der Waals surface area (Å²) in [7, 11) is 3.29. The molecule has 28 heavy (non-hydrogen) atoms. The van der Waals surface area contributed by atoms with Crippen LogP contribution in [0.2, 0.25) is 0 Å². The van der Waals surface area contributed by atoms with Crippen molar-refractivity contribution < 1.29 is 14.3 Å². The van der Waals surface area contributed by atoms with E-state index in [2.05, 4.69) is 36.1 Å². The van der Waals surface area contributed by atoms with Crippen molar-refractivity contribution in [1.29, 1.82) is 0 Å². The Morgan fingerprint density at radius 3 is 2.39 bits per heavy atom. The van der Waals surface area contributed by atoms with Crippen LogP contribution in [-0.4, -0.2) is 49.6 Å². The highest BCUT2D eigenvalue weighted by atomic mass is 16.5. The molecule has 0 N–H and O–H groups in total. The van der Waals surface area contributed by atoms with E-state index in [1.165, 1.54) is 11.1 Å². The first kappa shape index (κ1) is 20.2. The van der Waals surface area contributed by atoms with Crippen molar-refractivity contribution in [3.05, 3.63) is 59.2 Å². The van der Waals surface area contributed by atoms with E-state index in [1.807, 2.05) is 23.1 Å². The van der Waals surface area contributed by atoms with Crippen LogP contribution in [0, 0.1) is 0 Å². The Kier molecular flexibility index (Phi) is 6.93. The van der Waals surface area contributed by atoms with E-state index in [4.69, 9.17) is 9.47 Å². The molecule has 1 aliphatic rings. The van der Waals surface area contributed by atoms with E-state index in [0.29, 0.717) is 13.0 Å². The fraction of sp³-hybridized carbons (Fsp3) is 0.435. The number of hydrogen-bond acceptors (Lipinski definition) is 4. The molecular weight excluding hydrogens is 352 g/mol. The van der Waals surface area contributed by atoms with Gasteiger partial charge < -0.3 is 14.4 Å². The summed E-state index contributed by atoms with van der Waals surface area (Å²) in [6, 6.07) is 14.4. The quantitative estimate of drug-likeness (QED) is 0.701. The SMILES string of the molecule is CCN(CCC(=O)N1CCc2cc(OC)c(OC)cc2C1)Cc1ccccc1. The molecule has 5 nitrogen and oxygen atoms in total. The Morgan fingerprint density at radius 2 is 1.75 bits per heavy atom. The smallest absolute Gasteiger partial charge is 0.224 e. The lowest BCUT2D eigenvalue weighted by atomic mass is 9.98. The van der Waals surface area contributed by atoms with Crippen molar-refractivity contribution in [3.8, 4) is 11.5 Å². The lowest BCUT2D eigenvalue weighted by Crippen LogP contribution is -2.38. The number of ether oxygens (including phenoxy) is 2. The fourth-order valence-electron chi connectivity index (χ4n) is 3.70. The third-order valence-electron chi connectivity index (χ3n) is 5.41. The Bertz CT molecular complexity index is 792. The van der Waals surface area contributed by atoms with Crippen LogP contribution in [0.15, 0.2) is 42.5 Å². The second-order valence-electron chi connectivity index (χ2n) is 7.15. The molecule has 3 rings (SSSR count). The Labute approximate surface area is 167 Å². The van der Waals surface area contributed by atoms with Crippen LogP contribution in [0.3, 0.4) is 0 Å². The number of methoxy groups -OCH3 is 2. The number of hydrogen-bond donors (Lipinski definition) is 0. The van der Waals surface area contributed by atoms with Crippen molar-refractivity contribution in [2.75, 3.05) is 33.9 Å². The van der Waals surface area contributed by atoms with Crippen molar-refractivity contribution in [2.45, 2.75) is 32.9 Å². The van der Waals surface area contributed by atoms with Crippen LogP contribution in [0.25, 0.3) is 0 Å². The molecule has 0 saturated carbocycles. The molecule has 0 saturated heterocycles. The first-order valence-electron chi connectivity index (χ1n) is 9.92. The van der Waals surface area contributed by atoms with E-state index in [1.54, 1.807) is 14.2 Å². The summed E-state index contributed by atoms with van der Waals surface area (Å²) in [4.78, 5) is 17.1.